The largest absolute Gasteiger partial charge is 0.298 e. The van der Waals surface area contributed by atoms with Crippen LogP contribution in [-0.2, 0) is 4.79 Å². The van der Waals surface area contributed by atoms with Gasteiger partial charge in [0.05, 0.1) is 5.38 Å². The fraction of sp³-hybridized carbons (Fsp3) is 0.889. The fourth-order valence-electron chi connectivity index (χ4n) is 2.43. The van der Waals surface area contributed by atoms with E-state index < -0.39 is 0 Å². The Bertz CT molecular complexity index is 210. The molecular formula is C9H13ClO. The number of fused-ring (bicyclic) bond motifs is 1. The van der Waals surface area contributed by atoms with Crippen molar-refractivity contribution in [3.05, 3.63) is 0 Å². The predicted octanol–water partition coefficient (Wildman–Crippen LogP) is 2.23. The Morgan fingerprint density at radius 1 is 1.45 bits per heavy atom. The first kappa shape index (κ1) is 7.60. The minimum atomic E-state index is -0.182. The number of hydrogen-bond donors (Lipinski definition) is 0. The zero-order valence-electron chi connectivity index (χ0n) is 6.93. The van der Waals surface area contributed by atoms with E-state index in [1.165, 1.54) is 0 Å². The molecule has 62 valence electrons. The molecule has 2 rings (SSSR count). The third kappa shape index (κ3) is 0.936. The highest BCUT2D eigenvalue weighted by atomic mass is 35.5. The minimum absolute atomic E-state index is 0.182. The lowest BCUT2D eigenvalue weighted by molar-refractivity contribution is -0.120. The first-order valence-corrected chi connectivity index (χ1v) is 4.64. The summed E-state index contributed by atoms with van der Waals surface area (Å²) in [6.45, 7) is 4.48. The van der Waals surface area contributed by atoms with Gasteiger partial charge in [0, 0.05) is 6.42 Å². The normalized spacial score (nSPS) is 46.8. The number of alkyl halides is 1. The maximum atomic E-state index is 11.2. The van der Waals surface area contributed by atoms with Crippen LogP contribution in [-0.4, -0.2) is 11.2 Å². The van der Waals surface area contributed by atoms with Gasteiger partial charge in [0.15, 0.2) is 5.78 Å². The zero-order chi connectivity index (χ0) is 8.22. The SMILES string of the molecule is CC1(C)[C@@H]2C[C@H](Cl)C(=O)C[C@@H]21. The number of carbonyl (C=O) groups excluding carboxylic acids is 1. The topological polar surface area (TPSA) is 17.1 Å². The second-order valence-electron chi connectivity index (χ2n) is 4.41. The number of hydrogen-bond acceptors (Lipinski definition) is 1. The van der Waals surface area contributed by atoms with Crippen molar-refractivity contribution < 1.29 is 4.79 Å². The van der Waals surface area contributed by atoms with Crippen LogP contribution in [0.25, 0.3) is 0 Å². The summed E-state index contributed by atoms with van der Waals surface area (Å²) < 4.78 is 0. The van der Waals surface area contributed by atoms with Crippen molar-refractivity contribution in [2.45, 2.75) is 32.1 Å². The molecule has 0 heterocycles. The van der Waals surface area contributed by atoms with Gasteiger partial charge in [-0.2, -0.15) is 0 Å². The first-order chi connectivity index (χ1) is 5.03. The molecule has 2 aliphatic carbocycles. The van der Waals surface area contributed by atoms with Crippen LogP contribution in [0.5, 0.6) is 0 Å². The van der Waals surface area contributed by atoms with Gasteiger partial charge in [-0.15, -0.1) is 11.6 Å². The van der Waals surface area contributed by atoms with Gasteiger partial charge in [0.25, 0.3) is 0 Å². The van der Waals surface area contributed by atoms with Crippen LogP contribution in [0.1, 0.15) is 26.7 Å². The van der Waals surface area contributed by atoms with Crippen molar-refractivity contribution in [3.63, 3.8) is 0 Å². The Balaban J connectivity index is 2.12. The van der Waals surface area contributed by atoms with Gasteiger partial charge in [0.2, 0.25) is 0 Å². The molecule has 0 bridgehead atoms. The van der Waals surface area contributed by atoms with Crippen LogP contribution >= 0.6 is 11.6 Å². The van der Waals surface area contributed by atoms with Crippen LogP contribution < -0.4 is 0 Å². The van der Waals surface area contributed by atoms with Crippen LogP contribution in [0.2, 0.25) is 0 Å². The molecule has 0 N–H and O–H groups in total. The molecule has 0 aliphatic heterocycles. The number of ketones is 1. The van der Waals surface area contributed by atoms with E-state index in [9.17, 15) is 4.79 Å². The van der Waals surface area contributed by atoms with Gasteiger partial charge in [-0.25, -0.2) is 0 Å². The number of rotatable bonds is 0. The lowest BCUT2D eigenvalue weighted by Gasteiger charge is -2.12. The van der Waals surface area contributed by atoms with E-state index in [-0.39, 0.29) is 11.2 Å². The van der Waals surface area contributed by atoms with Crippen LogP contribution in [0, 0.1) is 17.3 Å². The molecule has 3 atom stereocenters. The van der Waals surface area contributed by atoms with Gasteiger partial charge in [-0.3, -0.25) is 4.79 Å². The first-order valence-electron chi connectivity index (χ1n) is 4.20. The summed E-state index contributed by atoms with van der Waals surface area (Å²) in [6, 6.07) is 0. The summed E-state index contributed by atoms with van der Waals surface area (Å²) in [5, 5.41) is -0.182. The van der Waals surface area contributed by atoms with Crippen LogP contribution in [0.3, 0.4) is 0 Å². The van der Waals surface area contributed by atoms with Crippen molar-refractivity contribution in [2.24, 2.45) is 17.3 Å². The lowest BCUT2D eigenvalue weighted by Crippen LogP contribution is -2.20. The Labute approximate surface area is 72.1 Å². The third-order valence-corrected chi connectivity index (χ3v) is 3.94. The highest BCUT2D eigenvalue weighted by Gasteiger charge is 2.60. The fourth-order valence-corrected chi connectivity index (χ4v) is 2.71. The Hall–Kier alpha value is -0.0400. The van der Waals surface area contributed by atoms with Gasteiger partial charge in [-0.1, -0.05) is 13.8 Å². The summed E-state index contributed by atoms with van der Waals surface area (Å²) in [4.78, 5) is 11.2. The number of carbonyl (C=O) groups is 1. The van der Waals surface area contributed by atoms with E-state index in [1.807, 2.05) is 0 Å². The molecule has 2 saturated carbocycles. The van der Waals surface area contributed by atoms with E-state index in [1.54, 1.807) is 0 Å². The van der Waals surface area contributed by atoms with E-state index in [0.717, 1.165) is 18.8 Å². The molecule has 0 saturated heterocycles. The standard InChI is InChI=1S/C9H13ClO/c1-9(2)5-3-7(10)8(11)4-6(5)9/h5-7H,3-4H2,1-2H3/t5-,6+,7+/m1/s1. The average Bonchev–Trinajstić information content (AvgIpc) is 2.39. The average molecular weight is 173 g/mol. The van der Waals surface area contributed by atoms with Crippen molar-refractivity contribution >= 4 is 17.4 Å². The van der Waals surface area contributed by atoms with Crippen molar-refractivity contribution in [1.29, 1.82) is 0 Å². The van der Waals surface area contributed by atoms with Gasteiger partial charge >= 0.3 is 0 Å². The van der Waals surface area contributed by atoms with Gasteiger partial charge < -0.3 is 0 Å². The summed E-state index contributed by atoms with van der Waals surface area (Å²) in [6.07, 6.45) is 1.64. The summed E-state index contributed by atoms with van der Waals surface area (Å²) >= 11 is 5.87. The second-order valence-corrected chi connectivity index (χ2v) is 4.93. The molecule has 11 heavy (non-hydrogen) atoms. The molecule has 2 heteroatoms. The summed E-state index contributed by atoms with van der Waals surface area (Å²) in [5.74, 6) is 1.63. The molecular weight excluding hydrogens is 160 g/mol. The Morgan fingerprint density at radius 3 is 2.64 bits per heavy atom. The molecule has 0 aromatic heterocycles. The van der Waals surface area contributed by atoms with Crippen LogP contribution in [0.15, 0.2) is 0 Å². The highest BCUT2D eigenvalue weighted by Crippen LogP contribution is 2.64. The van der Waals surface area contributed by atoms with E-state index in [4.69, 9.17) is 11.6 Å². The van der Waals surface area contributed by atoms with Gasteiger partial charge in [0.1, 0.15) is 0 Å². The summed E-state index contributed by atoms with van der Waals surface area (Å²) in [5.41, 5.74) is 0.402. The van der Waals surface area contributed by atoms with E-state index >= 15 is 0 Å². The molecule has 0 amide bonds. The molecule has 0 radical (unpaired) electrons. The lowest BCUT2D eigenvalue weighted by atomic mass is 9.99. The smallest absolute Gasteiger partial charge is 0.150 e. The van der Waals surface area contributed by atoms with Crippen molar-refractivity contribution in [3.8, 4) is 0 Å². The quantitative estimate of drug-likeness (QED) is 0.513. The molecule has 2 fully saturated rings. The van der Waals surface area contributed by atoms with E-state index in [2.05, 4.69) is 13.8 Å². The predicted molar refractivity (Wildman–Crippen MR) is 44.6 cm³/mol. The molecule has 0 aromatic rings. The Kier molecular flexibility index (Phi) is 1.39. The van der Waals surface area contributed by atoms with Crippen molar-refractivity contribution in [2.75, 3.05) is 0 Å². The highest BCUT2D eigenvalue weighted by molar-refractivity contribution is 6.31. The zero-order valence-corrected chi connectivity index (χ0v) is 7.69. The molecule has 0 unspecified atom stereocenters. The minimum Gasteiger partial charge on any atom is -0.298 e. The second kappa shape index (κ2) is 2.01. The number of Topliss-reactive ketones (excluding diaryl/α,β-unsaturated/α-hetero) is 1. The maximum absolute atomic E-state index is 11.2. The van der Waals surface area contributed by atoms with Crippen molar-refractivity contribution in [1.82, 2.24) is 0 Å². The Morgan fingerprint density at radius 2 is 2.09 bits per heavy atom. The van der Waals surface area contributed by atoms with E-state index in [0.29, 0.717) is 11.3 Å². The third-order valence-electron chi connectivity index (χ3n) is 3.52. The summed E-state index contributed by atoms with van der Waals surface area (Å²) in [7, 11) is 0. The maximum Gasteiger partial charge on any atom is 0.150 e. The molecule has 2 aliphatic rings. The van der Waals surface area contributed by atoms with Gasteiger partial charge in [-0.05, 0) is 23.7 Å². The molecule has 1 nitrogen and oxygen atoms in total. The molecule has 0 spiro atoms. The molecule has 0 aromatic carbocycles. The van der Waals surface area contributed by atoms with Crippen LogP contribution in [0.4, 0.5) is 0 Å². The monoisotopic (exact) mass is 172 g/mol. The number of halogens is 1.